The van der Waals surface area contributed by atoms with Gasteiger partial charge in [-0.05, 0) is 72.2 Å². The number of benzene rings is 3. The van der Waals surface area contributed by atoms with Crippen molar-refractivity contribution in [3.8, 4) is 5.75 Å². The lowest BCUT2D eigenvalue weighted by atomic mass is 9.93. The van der Waals surface area contributed by atoms with Gasteiger partial charge in [-0.2, -0.15) is 0 Å². The fourth-order valence-corrected chi connectivity index (χ4v) is 7.88. The van der Waals surface area contributed by atoms with E-state index >= 15 is 0 Å². The number of nitrogens with zero attached hydrogens (tertiary/aromatic N) is 1. The number of sulfone groups is 1. The summed E-state index contributed by atoms with van der Waals surface area (Å²) >= 11 is 0. The van der Waals surface area contributed by atoms with Gasteiger partial charge in [0.1, 0.15) is 6.04 Å². The zero-order valence-electron chi connectivity index (χ0n) is 23.7. The van der Waals surface area contributed by atoms with Crippen LogP contribution in [0.5, 0.6) is 5.75 Å². The Hall–Kier alpha value is -4.71. The summed E-state index contributed by atoms with van der Waals surface area (Å²) in [5.74, 6) is -3.49. The van der Waals surface area contributed by atoms with Crippen molar-refractivity contribution in [3.63, 3.8) is 0 Å². The number of aliphatic carboxylic acids is 1. The molecular formula is C32H30FN3O7S. The smallest absolute Gasteiger partial charge is 0.309 e. The third-order valence-corrected chi connectivity index (χ3v) is 10.7. The van der Waals surface area contributed by atoms with E-state index < -0.39 is 50.8 Å². The minimum atomic E-state index is -3.73. The SMILES string of the molecule is COc1cc(C(Nc2ccc3cc[nH]c(=O)c3c2)C(=O)N2CC[C@H](C(=O)O)[C@@H]2c2ccccc2S(=O)(=O)C2CC2)ccc1F. The highest BCUT2D eigenvalue weighted by Gasteiger charge is 2.47. The van der Waals surface area contributed by atoms with Crippen LogP contribution >= 0.6 is 0 Å². The van der Waals surface area contributed by atoms with Gasteiger partial charge in [0.05, 0.1) is 29.2 Å². The number of aromatic nitrogens is 1. The highest BCUT2D eigenvalue weighted by Crippen LogP contribution is 2.44. The number of carboxylic acids is 1. The molecule has 6 rings (SSSR count). The van der Waals surface area contributed by atoms with Crippen molar-refractivity contribution < 1.29 is 32.2 Å². The lowest BCUT2D eigenvalue weighted by Gasteiger charge is -2.32. The number of ether oxygens (including phenoxy) is 1. The maximum Gasteiger partial charge on any atom is 0.309 e. The molecule has 2 heterocycles. The first kappa shape index (κ1) is 29.4. The Morgan fingerprint density at radius 2 is 1.84 bits per heavy atom. The molecule has 10 nitrogen and oxygen atoms in total. The van der Waals surface area contributed by atoms with Crippen molar-refractivity contribution in [1.82, 2.24) is 9.88 Å². The molecule has 1 saturated carbocycles. The van der Waals surface area contributed by atoms with Crippen LogP contribution in [0.4, 0.5) is 10.1 Å². The van der Waals surface area contributed by atoms with Gasteiger partial charge in [-0.15, -0.1) is 0 Å². The van der Waals surface area contributed by atoms with Crippen molar-refractivity contribution in [2.75, 3.05) is 19.0 Å². The molecule has 2 aliphatic rings. The lowest BCUT2D eigenvalue weighted by molar-refractivity contribution is -0.143. The number of fused-ring (bicyclic) bond motifs is 1. The number of carbonyl (C=O) groups is 2. The van der Waals surface area contributed by atoms with E-state index in [0.717, 1.165) is 0 Å². The molecule has 1 aliphatic carbocycles. The summed E-state index contributed by atoms with van der Waals surface area (Å²) in [5, 5.41) is 13.9. The van der Waals surface area contributed by atoms with E-state index in [-0.39, 0.29) is 34.7 Å². The van der Waals surface area contributed by atoms with E-state index in [1.165, 1.54) is 42.5 Å². The Kier molecular flexibility index (Phi) is 7.62. The van der Waals surface area contributed by atoms with Crippen molar-refractivity contribution >= 4 is 38.2 Å². The molecule has 1 amide bonds. The van der Waals surface area contributed by atoms with Gasteiger partial charge in [0.25, 0.3) is 5.56 Å². The minimum absolute atomic E-state index is 0.0279. The van der Waals surface area contributed by atoms with Gasteiger partial charge < -0.3 is 25.0 Å². The van der Waals surface area contributed by atoms with E-state index in [2.05, 4.69) is 10.3 Å². The Balaban J connectivity index is 1.45. The van der Waals surface area contributed by atoms with Gasteiger partial charge in [-0.3, -0.25) is 14.4 Å². The number of likely N-dealkylation sites (tertiary alicyclic amines) is 1. The summed E-state index contributed by atoms with van der Waals surface area (Å²) in [6.07, 6.45) is 2.69. The predicted molar refractivity (Wildman–Crippen MR) is 161 cm³/mol. The molecule has 1 aromatic heterocycles. The average molecular weight is 620 g/mol. The van der Waals surface area contributed by atoms with E-state index in [9.17, 15) is 32.3 Å². The number of nitrogens with one attached hydrogen (secondary N) is 2. The summed E-state index contributed by atoms with van der Waals surface area (Å²) < 4.78 is 46.4. The molecule has 0 radical (unpaired) electrons. The summed E-state index contributed by atoms with van der Waals surface area (Å²) in [6.45, 7) is 0.0478. The zero-order valence-corrected chi connectivity index (χ0v) is 24.5. The third kappa shape index (κ3) is 5.30. The molecule has 3 atom stereocenters. The molecule has 1 saturated heterocycles. The quantitative estimate of drug-likeness (QED) is 0.249. The second kappa shape index (κ2) is 11.4. The molecule has 1 aliphatic heterocycles. The Labute approximate surface area is 252 Å². The van der Waals surface area contributed by atoms with Crippen LogP contribution in [0.2, 0.25) is 0 Å². The number of carbonyl (C=O) groups excluding carboxylic acids is 1. The summed E-state index contributed by atoms with van der Waals surface area (Å²) in [5.41, 5.74) is 0.671. The summed E-state index contributed by atoms with van der Waals surface area (Å²) in [4.78, 5) is 43.6. The van der Waals surface area contributed by atoms with Crippen LogP contribution in [0, 0.1) is 11.7 Å². The number of amides is 1. The number of H-pyrrole nitrogens is 1. The second-order valence-electron chi connectivity index (χ2n) is 11.1. The van der Waals surface area contributed by atoms with Crippen LogP contribution in [0.25, 0.3) is 10.8 Å². The van der Waals surface area contributed by atoms with Gasteiger partial charge in [0, 0.05) is 23.8 Å². The van der Waals surface area contributed by atoms with Gasteiger partial charge in [0.2, 0.25) is 5.91 Å². The third-order valence-electron chi connectivity index (χ3n) is 8.35. The highest BCUT2D eigenvalue weighted by atomic mass is 32.2. The number of methoxy groups -OCH3 is 1. The number of carboxylic acid groups (broad SMARTS) is 1. The van der Waals surface area contributed by atoms with Crippen LogP contribution in [-0.4, -0.2) is 54.2 Å². The molecule has 0 spiro atoms. The number of aromatic amines is 1. The first-order valence-electron chi connectivity index (χ1n) is 14.2. The maximum atomic E-state index is 14.5. The molecule has 1 unspecified atom stereocenters. The van der Waals surface area contributed by atoms with E-state index in [4.69, 9.17) is 4.74 Å². The number of hydrogen-bond donors (Lipinski definition) is 3. The molecule has 228 valence electrons. The van der Waals surface area contributed by atoms with Gasteiger partial charge in [0.15, 0.2) is 21.4 Å². The summed E-state index contributed by atoms with van der Waals surface area (Å²) in [7, 11) is -2.43. The van der Waals surface area contributed by atoms with Crippen molar-refractivity contribution in [2.24, 2.45) is 5.92 Å². The molecule has 12 heteroatoms. The number of anilines is 1. The Morgan fingerprint density at radius 3 is 2.57 bits per heavy atom. The Morgan fingerprint density at radius 1 is 1.07 bits per heavy atom. The Bertz CT molecular complexity index is 1940. The van der Waals surface area contributed by atoms with Gasteiger partial charge in [-0.25, -0.2) is 12.8 Å². The van der Waals surface area contributed by atoms with Crippen LogP contribution in [0.1, 0.15) is 42.5 Å². The van der Waals surface area contributed by atoms with Gasteiger partial charge >= 0.3 is 5.97 Å². The van der Waals surface area contributed by atoms with E-state index in [1.54, 1.807) is 42.5 Å². The van der Waals surface area contributed by atoms with Crippen LogP contribution in [0.3, 0.4) is 0 Å². The molecular weight excluding hydrogens is 589 g/mol. The molecule has 3 N–H and O–H groups in total. The lowest BCUT2D eigenvalue weighted by Crippen LogP contribution is -2.40. The van der Waals surface area contributed by atoms with Crippen molar-refractivity contribution in [2.45, 2.75) is 41.5 Å². The predicted octanol–water partition coefficient (Wildman–Crippen LogP) is 4.44. The monoisotopic (exact) mass is 619 g/mol. The minimum Gasteiger partial charge on any atom is -0.494 e. The standard InChI is InChI=1S/C32H30FN3O7S/c1-43-26-16-19(7-11-25(26)33)28(35-20-8-6-18-12-14-34-30(37)24(18)17-20)31(38)36-15-13-23(32(39)40)29(36)22-4-2-3-5-27(22)44(41,42)21-9-10-21/h2-8,11-12,14,16-17,21,23,28-29,35H,9-10,13,15H2,1H3,(H,34,37)(H,39,40)/t23-,28?,29-/m0/s1. The number of pyridine rings is 1. The van der Waals surface area contributed by atoms with E-state index in [0.29, 0.717) is 34.9 Å². The largest absolute Gasteiger partial charge is 0.494 e. The number of halogens is 1. The van der Waals surface area contributed by atoms with E-state index in [1.807, 2.05) is 0 Å². The highest BCUT2D eigenvalue weighted by molar-refractivity contribution is 7.92. The molecule has 44 heavy (non-hydrogen) atoms. The molecule has 4 aromatic rings. The maximum absolute atomic E-state index is 14.5. The summed E-state index contributed by atoms with van der Waals surface area (Å²) in [6, 6.07) is 14.7. The van der Waals surface area contributed by atoms with Crippen molar-refractivity contribution in [3.05, 3.63) is 100 Å². The fourth-order valence-electron chi connectivity index (χ4n) is 5.97. The van der Waals surface area contributed by atoms with Gasteiger partial charge in [-0.1, -0.05) is 30.3 Å². The van der Waals surface area contributed by atoms with Crippen LogP contribution < -0.4 is 15.6 Å². The fraction of sp³-hybridized carbons (Fsp3) is 0.281. The molecule has 0 bridgehead atoms. The first-order chi connectivity index (χ1) is 21.1. The molecule has 2 fully saturated rings. The first-order valence-corrected chi connectivity index (χ1v) is 15.7. The number of rotatable bonds is 9. The van der Waals surface area contributed by atoms with Crippen LogP contribution in [-0.2, 0) is 19.4 Å². The second-order valence-corrected chi connectivity index (χ2v) is 13.3. The average Bonchev–Trinajstić information content (AvgIpc) is 3.79. The van der Waals surface area contributed by atoms with Crippen LogP contribution in [0.15, 0.2) is 82.6 Å². The molecule has 3 aromatic carbocycles. The topological polar surface area (TPSA) is 146 Å². The van der Waals surface area contributed by atoms with Crippen molar-refractivity contribution in [1.29, 1.82) is 0 Å². The number of hydrogen-bond acceptors (Lipinski definition) is 7. The normalized spacial score (nSPS) is 19.1. The zero-order chi connectivity index (χ0) is 31.2.